The van der Waals surface area contributed by atoms with Gasteiger partial charge in [-0.2, -0.15) is 39.5 Å². The van der Waals surface area contributed by atoms with E-state index in [2.05, 4.69) is 0 Å². The highest BCUT2D eigenvalue weighted by molar-refractivity contribution is 5.71. The number of hydrogen-bond donors (Lipinski definition) is 1. The van der Waals surface area contributed by atoms with Gasteiger partial charge in [0.2, 0.25) is 0 Å². The second-order valence-electron chi connectivity index (χ2n) is 10.3. The monoisotopic (exact) mass is 583 g/mol. The number of halogens is 9. The van der Waals surface area contributed by atoms with E-state index >= 15 is 0 Å². The van der Waals surface area contributed by atoms with Crippen LogP contribution >= 0.6 is 0 Å². The van der Waals surface area contributed by atoms with Crippen LogP contribution in [0.5, 0.6) is 0 Å². The number of alkyl halides is 9. The first-order chi connectivity index (χ1) is 18.4. The second-order valence-corrected chi connectivity index (χ2v) is 10.3. The van der Waals surface area contributed by atoms with Gasteiger partial charge in [0, 0.05) is 6.54 Å². The second kappa shape index (κ2) is 10.5. The van der Waals surface area contributed by atoms with E-state index in [1.807, 2.05) is 0 Å². The van der Waals surface area contributed by atoms with Crippen LogP contribution in [-0.2, 0) is 35.4 Å². The number of hydrogen-bond acceptors (Lipinski definition) is 3. The molecule has 2 aliphatic rings. The van der Waals surface area contributed by atoms with Crippen LogP contribution in [0.1, 0.15) is 84.9 Å². The van der Waals surface area contributed by atoms with Crippen molar-refractivity contribution in [1.29, 1.82) is 0 Å². The van der Waals surface area contributed by atoms with Crippen molar-refractivity contribution in [2.24, 2.45) is 0 Å². The SMILES string of the molecule is C[C@@H]1[C@@H](c2cc(C(F)(F)F)cc(C(F)(F)F)c2)OC(=O)N1Cc1cc(C(F)(F)F)ccc1C1(O)CCCCCC1. The Bertz CT molecular complexity index is 1210. The van der Waals surface area contributed by atoms with Crippen molar-refractivity contribution >= 4 is 6.09 Å². The summed E-state index contributed by atoms with van der Waals surface area (Å²) in [6, 6.07) is 2.51. The number of ether oxygens (including phenoxy) is 1. The van der Waals surface area contributed by atoms with Crippen molar-refractivity contribution in [3.05, 3.63) is 69.8 Å². The summed E-state index contributed by atoms with van der Waals surface area (Å²) in [7, 11) is 0. The van der Waals surface area contributed by atoms with Crippen molar-refractivity contribution in [1.82, 2.24) is 4.90 Å². The fourth-order valence-electron chi connectivity index (χ4n) is 5.42. The highest BCUT2D eigenvalue weighted by atomic mass is 19.4. The number of amides is 1. The van der Waals surface area contributed by atoms with E-state index in [0.29, 0.717) is 25.0 Å². The van der Waals surface area contributed by atoms with Crippen LogP contribution in [0.2, 0.25) is 0 Å². The van der Waals surface area contributed by atoms with Gasteiger partial charge < -0.3 is 9.84 Å². The van der Waals surface area contributed by atoms with Crippen LogP contribution in [0.25, 0.3) is 0 Å². The molecule has 0 radical (unpaired) electrons. The highest BCUT2D eigenvalue weighted by Gasteiger charge is 2.44. The van der Waals surface area contributed by atoms with Crippen LogP contribution in [-0.4, -0.2) is 22.1 Å². The van der Waals surface area contributed by atoms with Gasteiger partial charge >= 0.3 is 24.6 Å². The lowest BCUT2D eigenvalue weighted by Gasteiger charge is -2.31. The Morgan fingerprint density at radius 2 is 1.35 bits per heavy atom. The molecule has 0 aromatic heterocycles. The van der Waals surface area contributed by atoms with Gasteiger partial charge in [0.1, 0.15) is 6.10 Å². The van der Waals surface area contributed by atoms with Crippen molar-refractivity contribution in [2.75, 3.05) is 0 Å². The van der Waals surface area contributed by atoms with E-state index < -0.39 is 71.2 Å². The average molecular weight is 583 g/mol. The molecule has 1 amide bonds. The van der Waals surface area contributed by atoms with Gasteiger partial charge in [-0.3, -0.25) is 4.90 Å². The van der Waals surface area contributed by atoms with E-state index in [9.17, 15) is 49.4 Å². The van der Waals surface area contributed by atoms with Gasteiger partial charge in [0.05, 0.1) is 28.3 Å². The zero-order chi connectivity index (χ0) is 29.7. The van der Waals surface area contributed by atoms with Crippen molar-refractivity contribution in [2.45, 2.75) is 88.3 Å². The summed E-state index contributed by atoms with van der Waals surface area (Å²) in [5.41, 5.74) is -6.09. The third-order valence-corrected chi connectivity index (χ3v) is 7.54. The predicted molar refractivity (Wildman–Crippen MR) is 124 cm³/mol. The van der Waals surface area contributed by atoms with Gasteiger partial charge in [0.15, 0.2) is 0 Å². The highest BCUT2D eigenvalue weighted by Crippen LogP contribution is 2.43. The first kappa shape index (κ1) is 30.0. The summed E-state index contributed by atoms with van der Waals surface area (Å²) in [4.78, 5) is 13.8. The minimum atomic E-state index is -5.12. The van der Waals surface area contributed by atoms with Crippen LogP contribution < -0.4 is 0 Å². The lowest BCUT2D eigenvalue weighted by molar-refractivity contribution is -0.143. The topological polar surface area (TPSA) is 49.8 Å². The minimum Gasteiger partial charge on any atom is -0.439 e. The van der Waals surface area contributed by atoms with Crippen molar-refractivity contribution < 1.29 is 54.2 Å². The lowest BCUT2D eigenvalue weighted by atomic mass is 9.82. The molecule has 1 aliphatic carbocycles. The molecule has 1 aliphatic heterocycles. The third-order valence-electron chi connectivity index (χ3n) is 7.54. The number of benzene rings is 2. The lowest BCUT2D eigenvalue weighted by Crippen LogP contribution is -2.34. The van der Waals surface area contributed by atoms with E-state index in [0.717, 1.165) is 35.9 Å². The maximum Gasteiger partial charge on any atom is 0.416 e. The molecule has 1 saturated carbocycles. The summed E-state index contributed by atoms with van der Waals surface area (Å²) < 4.78 is 126. The Labute approximate surface area is 223 Å². The quantitative estimate of drug-likeness (QED) is 0.291. The molecule has 4 rings (SSSR count). The average Bonchev–Trinajstić information content (AvgIpc) is 2.99. The van der Waals surface area contributed by atoms with E-state index in [1.165, 1.54) is 6.92 Å². The summed E-state index contributed by atoms with van der Waals surface area (Å²) in [6.45, 7) is 0.805. The largest absolute Gasteiger partial charge is 0.439 e. The molecule has 2 fully saturated rings. The minimum absolute atomic E-state index is 0.0382. The van der Waals surface area contributed by atoms with Crippen LogP contribution in [0.15, 0.2) is 36.4 Å². The molecular formula is C27H26F9NO3. The Morgan fingerprint density at radius 1 is 0.825 bits per heavy atom. The number of carbonyl (C=O) groups is 1. The van der Waals surface area contributed by atoms with E-state index in [1.54, 1.807) is 0 Å². The molecule has 220 valence electrons. The van der Waals surface area contributed by atoms with E-state index in [-0.39, 0.29) is 30.0 Å². The smallest absolute Gasteiger partial charge is 0.416 e. The van der Waals surface area contributed by atoms with Gasteiger partial charge in [-0.1, -0.05) is 31.7 Å². The van der Waals surface area contributed by atoms with Crippen LogP contribution in [0.3, 0.4) is 0 Å². The molecule has 1 saturated heterocycles. The molecule has 0 unspecified atom stereocenters. The first-order valence-electron chi connectivity index (χ1n) is 12.6. The summed E-state index contributed by atoms with van der Waals surface area (Å²) in [5, 5.41) is 11.4. The van der Waals surface area contributed by atoms with Gasteiger partial charge in [-0.25, -0.2) is 4.79 Å². The molecule has 2 aromatic rings. The molecule has 40 heavy (non-hydrogen) atoms. The van der Waals surface area contributed by atoms with Gasteiger partial charge in [-0.05, 0) is 66.8 Å². The molecule has 1 N–H and O–H groups in total. The van der Waals surface area contributed by atoms with Gasteiger partial charge in [-0.15, -0.1) is 0 Å². The maximum atomic E-state index is 13.6. The molecule has 1 heterocycles. The molecule has 0 spiro atoms. The Kier molecular flexibility index (Phi) is 7.85. The number of cyclic esters (lactones) is 1. The molecular weight excluding hydrogens is 557 g/mol. The van der Waals surface area contributed by atoms with Crippen molar-refractivity contribution in [3.8, 4) is 0 Å². The summed E-state index contributed by atoms with van der Waals surface area (Å²) >= 11 is 0. The van der Waals surface area contributed by atoms with Crippen molar-refractivity contribution in [3.63, 3.8) is 0 Å². The number of rotatable bonds is 4. The number of aliphatic hydroxyl groups is 1. The standard InChI is InChI=1S/C27H26F9NO3/c1-15-22(16-10-19(26(31,32)33)13-20(11-16)27(34,35)36)40-23(38)37(15)14-17-12-18(25(28,29)30)6-7-21(17)24(39)8-4-2-3-5-9-24/h6-7,10-13,15,22,39H,2-5,8-9,14H2,1H3/t15-,22+/m1/s1. The maximum absolute atomic E-state index is 13.6. The van der Waals surface area contributed by atoms with E-state index in [4.69, 9.17) is 4.74 Å². The fraction of sp³-hybridized carbons (Fsp3) is 0.519. The number of nitrogens with zero attached hydrogens (tertiary/aromatic N) is 1. The summed E-state index contributed by atoms with van der Waals surface area (Å²) in [5.74, 6) is 0. The molecule has 0 bridgehead atoms. The molecule has 2 aromatic carbocycles. The molecule has 2 atom stereocenters. The van der Waals surface area contributed by atoms with Crippen LogP contribution in [0.4, 0.5) is 44.3 Å². The molecule has 13 heteroatoms. The zero-order valence-corrected chi connectivity index (χ0v) is 21.2. The van der Waals surface area contributed by atoms with Gasteiger partial charge in [0.25, 0.3) is 0 Å². The van der Waals surface area contributed by atoms with Crippen LogP contribution in [0, 0.1) is 0 Å². The number of carbonyl (C=O) groups excluding carboxylic acids is 1. The fourth-order valence-corrected chi connectivity index (χ4v) is 5.42. The first-order valence-corrected chi connectivity index (χ1v) is 12.6. The Morgan fingerprint density at radius 3 is 1.85 bits per heavy atom. The normalized spacial score (nSPS) is 22.3. The summed E-state index contributed by atoms with van der Waals surface area (Å²) in [6.07, 6.45) is -14.2. The Hall–Kier alpha value is -2.96. The third kappa shape index (κ3) is 6.18. The predicted octanol–water partition coefficient (Wildman–Crippen LogP) is 8.37. The Balaban J connectivity index is 1.73. The zero-order valence-electron chi connectivity index (χ0n) is 21.2. The molecule has 4 nitrogen and oxygen atoms in total.